The molecule has 0 aromatic rings. The zero-order valence-electron chi connectivity index (χ0n) is 20.7. The summed E-state index contributed by atoms with van der Waals surface area (Å²) in [6.45, 7) is 14.8. The number of hydrogen-bond donors (Lipinski definition) is 0. The SMILES string of the molecule is CCOP(=O)(OCC)/C(CC)=C(/CC)O[P+](=O)O/C(CC)=C(/CC)P(=O)(OCC)OCC. The van der Waals surface area contributed by atoms with Crippen LogP contribution in [0.25, 0.3) is 0 Å². The highest BCUT2D eigenvalue weighted by atomic mass is 31.2. The summed E-state index contributed by atoms with van der Waals surface area (Å²) >= 11 is 0. The van der Waals surface area contributed by atoms with Gasteiger partial charge in [-0.3, -0.25) is 9.13 Å². The Bertz CT molecular complexity index is 667. The van der Waals surface area contributed by atoms with E-state index in [9.17, 15) is 13.7 Å². The van der Waals surface area contributed by atoms with Crippen LogP contribution in [0.5, 0.6) is 0 Å². The standard InChI is InChI=1S/C20H40O9P3/c1-9-17(19(11-3)31(22,24-13-5)25-14-6)28-30(21)29-18(10-2)20(12-4)32(23,26-15-7)27-16-8/h9-16H2,1-8H3/q+1/b19-17-,20-18-. The van der Waals surface area contributed by atoms with Crippen LogP contribution in [0.1, 0.15) is 81.1 Å². The van der Waals surface area contributed by atoms with E-state index in [4.69, 9.17) is 27.1 Å². The predicted molar refractivity (Wildman–Crippen MR) is 127 cm³/mol. The summed E-state index contributed by atoms with van der Waals surface area (Å²) in [5.74, 6) is 0.454. The second-order valence-electron chi connectivity index (χ2n) is 6.23. The van der Waals surface area contributed by atoms with Gasteiger partial charge in [0.2, 0.25) is 0 Å². The summed E-state index contributed by atoms with van der Waals surface area (Å²) < 4.78 is 72.1. The Hall–Kier alpha value is -0.520. The molecule has 9 nitrogen and oxygen atoms in total. The average Bonchev–Trinajstić information content (AvgIpc) is 2.73. The average molecular weight is 517 g/mol. The Labute approximate surface area is 194 Å². The van der Waals surface area contributed by atoms with Gasteiger partial charge in [0.1, 0.15) is 0 Å². The maximum absolute atomic E-state index is 13.2. The fraction of sp³-hybridized carbons (Fsp3) is 0.800. The largest absolute Gasteiger partial charge is 0.804 e. The fourth-order valence-corrected chi connectivity index (χ4v) is 7.94. The first kappa shape index (κ1) is 31.5. The highest BCUT2D eigenvalue weighted by molar-refractivity contribution is 7.58. The molecule has 0 atom stereocenters. The van der Waals surface area contributed by atoms with Crippen molar-refractivity contribution < 1.29 is 40.8 Å². The van der Waals surface area contributed by atoms with Crippen LogP contribution in [0.3, 0.4) is 0 Å². The monoisotopic (exact) mass is 517 g/mol. The van der Waals surface area contributed by atoms with Gasteiger partial charge in [-0.2, -0.15) is 0 Å². The van der Waals surface area contributed by atoms with Crippen molar-refractivity contribution in [3.63, 3.8) is 0 Å². The van der Waals surface area contributed by atoms with Gasteiger partial charge in [-0.15, -0.1) is 0 Å². The van der Waals surface area contributed by atoms with Crippen molar-refractivity contribution in [2.45, 2.75) is 81.1 Å². The number of rotatable bonds is 18. The van der Waals surface area contributed by atoms with E-state index in [1.807, 2.05) is 0 Å². The van der Waals surface area contributed by atoms with Gasteiger partial charge < -0.3 is 18.1 Å². The maximum Gasteiger partial charge on any atom is 0.804 e. The van der Waals surface area contributed by atoms with Crippen molar-refractivity contribution in [3.05, 3.63) is 22.1 Å². The van der Waals surface area contributed by atoms with Crippen molar-refractivity contribution in [3.8, 4) is 0 Å². The summed E-state index contributed by atoms with van der Waals surface area (Å²) in [5, 5.41) is 0.644. The molecular formula is C20H40O9P3+. The van der Waals surface area contributed by atoms with E-state index in [1.54, 1.807) is 55.4 Å². The predicted octanol–water partition coefficient (Wildman–Crippen LogP) is 8.27. The maximum atomic E-state index is 13.2. The zero-order valence-corrected chi connectivity index (χ0v) is 23.4. The molecule has 0 aliphatic heterocycles. The fourth-order valence-electron chi connectivity index (χ4n) is 2.99. The molecule has 0 fully saturated rings. The van der Waals surface area contributed by atoms with E-state index in [-0.39, 0.29) is 37.9 Å². The van der Waals surface area contributed by atoms with Gasteiger partial charge in [-0.25, -0.2) is 9.05 Å². The van der Waals surface area contributed by atoms with Crippen LogP contribution in [-0.4, -0.2) is 26.4 Å². The Balaban J connectivity index is 6.10. The van der Waals surface area contributed by atoms with E-state index in [0.717, 1.165) is 0 Å². The van der Waals surface area contributed by atoms with Crippen LogP contribution in [0.2, 0.25) is 0 Å². The minimum atomic E-state index is -3.59. The Morgan fingerprint density at radius 1 is 0.562 bits per heavy atom. The molecule has 0 aromatic carbocycles. The molecule has 0 bridgehead atoms. The summed E-state index contributed by atoms with van der Waals surface area (Å²) in [4.78, 5) is 0. The van der Waals surface area contributed by atoms with Crippen LogP contribution < -0.4 is 0 Å². The number of hydrogen-bond acceptors (Lipinski definition) is 9. The third-order valence-electron chi connectivity index (χ3n) is 4.18. The van der Waals surface area contributed by atoms with Gasteiger partial charge >= 0.3 is 23.4 Å². The lowest BCUT2D eigenvalue weighted by Gasteiger charge is -2.20. The lowest BCUT2D eigenvalue weighted by Crippen LogP contribution is -2.04. The van der Waals surface area contributed by atoms with Crippen molar-refractivity contribution in [2.24, 2.45) is 0 Å². The van der Waals surface area contributed by atoms with Crippen LogP contribution in [-0.2, 0) is 40.8 Å². The van der Waals surface area contributed by atoms with Crippen molar-refractivity contribution >= 4 is 23.4 Å². The minimum Gasteiger partial charge on any atom is -0.306 e. The molecule has 0 saturated carbocycles. The summed E-state index contributed by atoms with van der Waals surface area (Å²) in [7, 11) is -9.90. The highest BCUT2D eigenvalue weighted by Crippen LogP contribution is 2.61. The van der Waals surface area contributed by atoms with Crippen LogP contribution in [0, 0.1) is 0 Å². The van der Waals surface area contributed by atoms with Gasteiger partial charge in [0.25, 0.3) is 0 Å². The van der Waals surface area contributed by atoms with Crippen molar-refractivity contribution in [1.29, 1.82) is 0 Å². The van der Waals surface area contributed by atoms with E-state index >= 15 is 0 Å². The second kappa shape index (κ2) is 16.2. The van der Waals surface area contributed by atoms with E-state index in [1.165, 1.54) is 0 Å². The molecule has 0 radical (unpaired) electrons. The molecule has 32 heavy (non-hydrogen) atoms. The van der Waals surface area contributed by atoms with Gasteiger partial charge in [0.05, 0.1) is 37.1 Å². The Morgan fingerprint density at radius 2 is 0.844 bits per heavy atom. The topological polar surface area (TPSA) is 107 Å². The first-order valence-corrected chi connectivity index (χ1v) is 15.4. The molecule has 0 N–H and O–H groups in total. The van der Waals surface area contributed by atoms with Crippen molar-refractivity contribution in [2.75, 3.05) is 26.4 Å². The molecule has 0 aliphatic carbocycles. The molecule has 0 aliphatic rings. The van der Waals surface area contributed by atoms with E-state index in [2.05, 4.69) is 0 Å². The molecule has 0 spiro atoms. The first-order chi connectivity index (χ1) is 15.2. The minimum absolute atomic E-state index is 0.188. The Kier molecular flexibility index (Phi) is 15.9. The van der Waals surface area contributed by atoms with Gasteiger partial charge in [0.15, 0.2) is 11.5 Å². The Morgan fingerprint density at radius 3 is 1.03 bits per heavy atom. The van der Waals surface area contributed by atoms with Gasteiger partial charge in [-0.05, 0) is 40.5 Å². The van der Waals surface area contributed by atoms with Crippen LogP contribution in [0.4, 0.5) is 0 Å². The first-order valence-electron chi connectivity index (χ1n) is 11.2. The van der Waals surface area contributed by atoms with Crippen molar-refractivity contribution in [1.82, 2.24) is 0 Å². The molecular weight excluding hydrogens is 477 g/mol. The number of allylic oxidation sites excluding steroid dienone is 4. The normalized spacial score (nSPS) is 14.0. The molecule has 0 aromatic heterocycles. The molecule has 0 saturated heterocycles. The lowest BCUT2D eigenvalue weighted by atomic mass is 10.3. The zero-order chi connectivity index (χ0) is 24.8. The molecule has 0 heterocycles. The second-order valence-corrected chi connectivity index (χ2v) is 11.1. The van der Waals surface area contributed by atoms with Gasteiger partial charge in [-0.1, -0.05) is 27.7 Å². The summed E-state index contributed by atoms with van der Waals surface area (Å²) in [5.41, 5.74) is 0. The quantitative estimate of drug-likeness (QED) is 0.131. The molecule has 12 heteroatoms. The van der Waals surface area contributed by atoms with E-state index < -0.39 is 23.4 Å². The summed E-state index contributed by atoms with van der Waals surface area (Å²) in [6, 6.07) is 0. The summed E-state index contributed by atoms with van der Waals surface area (Å²) in [6.07, 6.45) is 1.26. The molecule has 0 unspecified atom stereocenters. The smallest absolute Gasteiger partial charge is 0.306 e. The van der Waals surface area contributed by atoms with Gasteiger partial charge in [0, 0.05) is 17.4 Å². The molecule has 0 rings (SSSR count). The molecule has 188 valence electrons. The third kappa shape index (κ3) is 9.02. The van der Waals surface area contributed by atoms with E-state index in [0.29, 0.717) is 36.3 Å². The van der Waals surface area contributed by atoms with Crippen LogP contribution >= 0.6 is 23.4 Å². The third-order valence-corrected chi connectivity index (χ3v) is 9.77. The van der Waals surface area contributed by atoms with Crippen LogP contribution in [0.15, 0.2) is 22.1 Å². The lowest BCUT2D eigenvalue weighted by molar-refractivity contribution is 0.223. The molecule has 0 amide bonds. The highest BCUT2D eigenvalue weighted by Gasteiger charge is 2.39.